The molecule has 148 valence electrons. The molecule has 2 aromatic heterocycles. The van der Waals surface area contributed by atoms with E-state index in [9.17, 15) is 13.6 Å². The van der Waals surface area contributed by atoms with E-state index in [-0.39, 0.29) is 29.7 Å². The molecule has 1 saturated carbocycles. The fraction of sp³-hybridized carbons (Fsp3) is 0.647. The summed E-state index contributed by atoms with van der Waals surface area (Å²) in [5, 5.41) is 11.2. The summed E-state index contributed by atoms with van der Waals surface area (Å²) in [7, 11) is 1.62. The highest BCUT2D eigenvalue weighted by Gasteiger charge is 2.56. The minimum Gasteiger partial charge on any atom is -0.370 e. The molecule has 11 heteroatoms. The van der Waals surface area contributed by atoms with E-state index >= 15 is 0 Å². The van der Waals surface area contributed by atoms with Gasteiger partial charge in [0.05, 0.1) is 0 Å². The first-order chi connectivity index (χ1) is 13.3. The zero-order valence-corrected chi connectivity index (χ0v) is 15.3. The van der Waals surface area contributed by atoms with Crippen molar-refractivity contribution in [1.82, 2.24) is 30.2 Å². The number of aromatic nitrogens is 6. The molecule has 0 bridgehead atoms. The fourth-order valence-corrected chi connectivity index (χ4v) is 4.75. The normalized spacial score (nSPS) is 27.4. The van der Waals surface area contributed by atoms with Crippen LogP contribution in [0.5, 0.6) is 0 Å². The van der Waals surface area contributed by atoms with Crippen molar-refractivity contribution in [3.05, 3.63) is 11.3 Å². The van der Waals surface area contributed by atoms with Crippen molar-refractivity contribution in [2.24, 2.45) is 30.5 Å². The molecule has 1 amide bonds. The molecule has 28 heavy (non-hydrogen) atoms. The molecule has 2 aromatic rings. The van der Waals surface area contributed by atoms with Gasteiger partial charge in [0, 0.05) is 38.5 Å². The van der Waals surface area contributed by atoms with E-state index < -0.39 is 5.92 Å². The number of fused-ring (bicyclic) bond motifs is 2. The van der Waals surface area contributed by atoms with Crippen molar-refractivity contribution >= 4 is 11.7 Å². The van der Waals surface area contributed by atoms with Crippen molar-refractivity contribution < 1.29 is 13.6 Å². The summed E-state index contributed by atoms with van der Waals surface area (Å²) in [6.07, 6.45) is 1.08. The average molecular weight is 390 g/mol. The van der Waals surface area contributed by atoms with E-state index in [1.807, 2.05) is 4.90 Å². The van der Waals surface area contributed by atoms with E-state index in [4.69, 9.17) is 5.73 Å². The second-order valence-corrected chi connectivity index (χ2v) is 7.95. The van der Waals surface area contributed by atoms with Crippen LogP contribution in [0, 0.1) is 17.8 Å². The molecule has 1 aliphatic heterocycles. The zero-order chi connectivity index (χ0) is 19.6. The molecule has 5 rings (SSSR count). The lowest BCUT2D eigenvalue weighted by Gasteiger charge is -2.30. The molecule has 1 saturated heterocycles. The second-order valence-electron chi connectivity index (χ2n) is 7.95. The molecule has 0 unspecified atom stereocenters. The van der Waals surface area contributed by atoms with Gasteiger partial charge >= 0.3 is 0 Å². The van der Waals surface area contributed by atoms with Gasteiger partial charge in [0.15, 0.2) is 0 Å². The highest BCUT2D eigenvalue weighted by Crippen LogP contribution is 2.55. The van der Waals surface area contributed by atoms with Crippen molar-refractivity contribution in [1.29, 1.82) is 0 Å². The number of carbonyl (C=O) groups excluding carboxylic acids is 1. The summed E-state index contributed by atoms with van der Waals surface area (Å²) in [6.45, 7) is 1.38. The van der Waals surface area contributed by atoms with Gasteiger partial charge in [-0.1, -0.05) is 0 Å². The topological polar surface area (TPSA) is 116 Å². The lowest BCUT2D eigenvalue weighted by atomic mass is 9.92. The predicted molar refractivity (Wildman–Crippen MR) is 93.2 cm³/mol. The minimum absolute atomic E-state index is 0.108. The van der Waals surface area contributed by atoms with E-state index in [1.165, 1.54) is 4.68 Å². The zero-order valence-electron chi connectivity index (χ0n) is 15.3. The van der Waals surface area contributed by atoms with Crippen molar-refractivity contribution in [2.45, 2.75) is 31.6 Å². The van der Waals surface area contributed by atoms with Crippen LogP contribution in [0.4, 0.5) is 14.6 Å². The Labute approximate surface area is 159 Å². The Balaban J connectivity index is 1.53. The SMILES string of the molecule is Cn1nnnc1-c1nc(N2C[C@@H]3[C@@H](CC(N)=O)[C@@H]3C2)c2c(n1)C(F)(F)CCC2. The number of hydrogen-bond acceptors (Lipinski definition) is 7. The third-order valence-corrected chi connectivity index (χ3v) is 6.18. The third kappa shape index (κ3) is 2.63. The number of piperidine rings is 1. The molecule has 3 aliphatic rings. The third-order valence-electron chi connectivity index (χ3n) is 6.18. The highest BCUT2D eigenvalue weighted by atomic mass is 19.3. The predicted octanol–water partition coefficient (Wildman–Crippen LogP) is 0.653. The monoisotopic (exact) mass is 390 g/mol. The Morgan fingerprint density at radius 3 is 2.68 bits per heavy atom. The van der Waals surface area contributed by atoms with Gasteiger partial charge in [-0.05, 0) is 41.0 Å². The minimum atomic E-state index is -3.00. The Hall–Kier alpha value is -2.72. The largest absolute Gasteiger partial charge is 0.370 e. The molecule has 0 aromatic carbocycles. The Bertz CT molecular complexity index is 949. The molecule has 0 radical (unpaired) electrons. The first-order valence-electron chi connectivity index (χ1n) is 9.40. The van der Waals surface area contributed by atoms with Crippen LogP contribution in [0.25, 0.3) is 11.6 Å². The lowest BCUT2D eigenvalue weighted by Crippen LogP contribution is -2.31. The maximum absolute atomic E-state index is 14.7. The van der Waals surface area contributed by atoms with Crippen LogP contribution in [0.3, 0.4) is 0 Å². The van der Waals surface area contributed by atoms with Crippen LogP contribution >= 0.6 is 0 Å². The number of nitrogens with two attached hydrogens (primary N) is 1. The number of hydrogen-bond donors (Lipinski definition) is 1. The van der Waals surface area contributed by atoms with Crippen LogP contribution in [0.2, 0.25) is 0 Å². The first kappa shape index (κ1) is 17.4. The van der Waals surface area contributed by atoms with E-state index in [2.05, 4.69) is 25.5 Å². The lowest BCUT2D eigenvalue weighted by molar-refractivity contribution is -0.118. The van der Waals surface area contributed by atoms with E-state index in [0.29, 0.717) is 61.5 Å². The maximum atomic E-state index is 14.7. The summed E-state index contributed by atoms with van der Waals surface area (Å²) in [5.74, 6) is -1.35. The quantitative estimate of drug-likeness (QED) is 0.815. The first-order valence-corrected chi connectivity index (χ1v) is 9.40. The van der Waals surface area contributed by atoms with Gasteiger partial charge in [-0.2, -0.15) is 8.78 Å². The van der Waals surface area contributed by atoms with Crippen LogP contribution in [0.15, 0.2) is 0 Å². The van der Waals surface area contributed by atoms with Gasteiger partial charge < -0.3 is 10.6 Å². The summed E-state index contributed by atoms with van der Waals surface area (Å²) < 4.78 is 30.7. The van der Waals surface area contributed by atoms with Crippen molar-refractivity contribution in [3.63, 3.8) is 0 Å². The number of tetrazole rings is 1. The number of anilines is 1. The Morgan fingerprint density at radius 1 is 1.29 bits per heavy atom. The molecule has 2 fully saturated rings. The fourth-order valence-electron chi connectivity index (χ4n) is 4.75. The van der Waals surface area contributed by atoms with Gasteiger partial charge in [-0.15, -0.1) is 5.10 Å². The number of alkyl halides is 2. The maximum Gasteiger partial charge on any atom is 0.290 e. The smallest absolute Gasteiger partial charge is 0.290 e. The number of aryl methyl sites for hydroxylation is 1. The van der Waals surface area contributed by atoms with Gasteiger partial charge in [-0.3, -0.25) is 4.79 Å². The molecular weight excluding hydrogens is 370 g/mol. The van der Waals surface area contributed by atoms with Gasteiger partial charge in [0.25, 0.3) is 5.92 Å². The average Bonchev–Trinajstić information content (AvgIpc) is 3.01. The molecule has 3 atom stereocenters. The number of primary amides is 1. The second kappa shape index (κ2) is 5.89. The van der Waals surface area contributed by atoms with Crippen LogP contribution in [-0.4, -0.2) is 49.2 Å². The van der Waals surface area contributed by atoms with E-state index in [0.717, 1.165) is 0 Å². The number of nitrogens with zero attached hydrogens (tertiary/aromatic N) is 7. The van der Waals surface area contributed by atoms with Crippen LogP contribution in [-0.2, 0) is 24.2 Å². The summed E-state index contributed by atoms with van der Waals surface area (Å²) in [6, 6.07) is 0. The number of halogens is 2. The Morgan fingerprint density at radius 2 is 2.04 bits per heavy atom. The van der Waals surface area contributed by atoms with Crippen LogP contribution in [0.1, 0.15) is 30.5 Å². The number of rotatable bonds is 4. The van der Waals surface area contributed by atoms with E-state index in [1.54, 1.807) is 7.05 Å². The molecule has 2 N–H and O–H groups in total. The number of amides is 1. The van der Waals surface area contributed by atoms with Gasteiger partial charge in [0.2, 0.25) is 17.6 Å². The summed E-state index contributed by atoms with van der Waals surface area (Å²) in [4.78, 5) is 22.0. The molecule has 0 spiro atoms. The molecule has 2 aliphatic carbocycles. The van der Waals surface area contributed by atoms with Gasteiger partial charge in [0.1, 0.15) is 11.5 Å². The highest BCUT2D eigenvalue weighted by molar-refractivity contribution is 5.74. The standard InChI is InChI=1S/C17H20F2N8O/c1-26-16(23-24-25-26)14-21-13-8(3-2-4-17(13,18)19)15(22-14)27-6-10-9(5-12(20)28)11(10)7-27/h9-11H,2-7H2,1H3,(H2,20,28)/t9-,10-,11+. The van der Waals surface area contributed by atoms with Crippen LogP contribution < -0.4 is 10.6 Å². The summed E-state index contributed by atoms with van der Waals surface area (Å²) >= 11 is 0. The van der Waals surface area contributed by atoms with Crippen molar-refractivity contribution in [3.8, 4) is 11.6 Å². The van der Waals surface area contributed by atoms with Crippen molar-refractivity contribution in [2.75, 3.05) is 18.0 Å². The van der Waals surface area contributed by atoms with Gasteiger partial charge in [-0.25, -0.2) is 14.6 Å². The summed E-state index contributed by atoms with van der Waals surface area (Å²) in [5.41, 5.74) is 5.62. The number of carbonyl (C=O) groups is 1. The molecular formula is C17H20F2N8O. The molecule has 3 heterocycles. The Kier molecular flexibility index (Phi) is 3.65. The molecule has 9 nitrogen and oxygen atoms in total.